The molecule has 8 heteroatoms. The van der Waals surface area contributed by atoms with E-state index in [0.29, 0.717) is 18.3 Å². The summed E-state index contributed by atoms with van der Waals surface area (Å²) in [7, 11) is 1.68. The molecule has 4 rings (SSSR count). The summed E-state index contributed by atoms with van der Waals surface area (Å²) in [5.41, 5.74) is 0.852. The number of anilines is 1. The Labute approximate surface area is 162 Å². The van der Waals surface area contributed by atoms with Crippen molar-refractivity contribution in [1.82, 2.24) is 20.0 Å². The fourth-order valence-electron chi connectivity index (χ4n) is 3.30. The first-order valence-corrected chi connectivity index (χ1v) is 10.0. The molecule has 1 fully saturated rings. The summed E-state index contributed by atoms with van der Waals surface area (Å²) in [6.45, 7) is 3.35. The van der Waals surface area contributed by atoms with Gasteiger partial charge in [0, 0.05) is 36.8 Å². The predicted octanol–water partition coefficient (Wildman–Crippen LogP) is 3.59. The Morgan fingerprint density at radius 2 is 2.33 bits per heavy atom. The minimum absolute atomic E-state index is 0.191. The maximum Gasteiger partial charge on any atom is 0.244 e. The van der Waals surface area contributed by atoms with Gasteiger partial charge in [0.15, 0.2) is 0 Å². The molecule has 1 N–H and O–H groups in total. The number of aromatic nitrogens is 3. The van der Waals surface area contributed by atoms with Gasteiger partial charge in [-0.3, -0.25) is 4.90 Å². The molecule has 1 aliphatic rings. The van der Waals surface area contributed by atoms with Gasteiger partial charge < -0.3 is 14.6 Å². The first-order valence-electron chi connectivity index (χ1n) is 9.13. The lowest BCUT2D eigenvalue weighted by atomic mass is 10.2. The van der Waals surface area contributed by atoms with E-state index in [2.05, 4.69) is 42.9 Å². The van der Waals surface area contributed by atoms with E-state index in [4.69, 9.17) is 9.26 Å². The minimum Gasteiger partial charge on any atom is -0.383 e. The number of methoxy groups -OCH3 is 1. The summed E-state index contributed by atoms with van der Waals surface area (Å²) in [4.78, 5) is 12.8. The Balaban J connectivity index is 1.43. The van der Waals surface area contributed by atoms with Crippen LogP contribution < -0.4 is 5.32 Å². The van der Waals surface area contributed by atoms with Crippen molar-refractivity contribution in [3.8, 4) is 11.4 Å². The van der Waals surface area contributed by atoms with E-state index < -0.39 is 0 Å². The van der Waals surface area contributed by atoms with Crippen molar-refractivity contribution in [1.29, 1.82) is 0 Å². The number of hydrogen-bond acceptors (Lipinski definition) is 8. The first-order chi connectivity index (χ1) is 13.3. The number of ether oxygens (including phenoxy) is 1. The SMILES string of the molecule is COCCNc1ccc(-c2noc([C@@H]3CCCN3Cc3cccs3)n2)cn1. The van der Waals surface area contributed by atoms with Crippen LogP contribution in [0.25, 0.3) is 11.4 Å². The maximum absolute atomic E-state index is 5.60. The van der Waals surface area contributed by atoms with Crippen LogP contribution in [0.1, 0.15) is 29.7 Å². The molecule has 7 nitrogen and oxygen atoms in total. The largest absolute Gasteiger partial charge is 0.383 e. The second-order valence-corrected chi connectivity index (χ2v) is 7.55. The van der Waals surface area contributed by atoms with Gasteiger partial charge in [0.2, 0.25) is 11.7 Å². The number of thiophene rings is 1. The van der Waals surface area contributed by atoms with E-state index in [1.807, 2.05) is 12.1 Å². The summed E-state index contributed by atoms with van der Waals surface area (Å²) in [5.74, 6) is 2.09. The summed E-state index contributed by atoms with van der Waals surface area (Å²) < 4.78 is 10.6. The third-order valence-corrected chi connectivity index (χ3v) is 5.52. The van der Waals surface area contributed by atoms with Crippen LogP contribution >= 0.6 is 11.3 Å². The molecule has 0 unspecified atom stereocenters. The first kappa shape index (κ1) is 18.1. The normalized spacial score (nSPS) is 17.4. The van der Waals surface area contributed by atoms with Crippen molar-refractivity contribution < 1.29 is 9.26 Å². The topological polar surface area (TPSA) is 76.3 Å². The zero-order valence-electron chi connectivity index (χ0n) is 15.3. The average Bonchev–Trinajstić information content (AvgIpc) is 3.45. The van der Waals surface area contributed by atoms with Crippen LogP contribution in [-0.4, -0.2) is 46.8 Å². The van der Waals surface area contributed by atoms with Crippen LogP contribution in [-0.2, 0) is 11.3 Å². The van der Waals surface area contributed by atoms with Crippen LogP contribution in [0, 0.1) is 0 Å². The summed E-state index contributed by atoms with van der Waals surface area (Å²) in [6.07, 6.45) is 3.96. The predicted molar refractivity (Wildman–Crippen MR) is 105 cm³/mol. The molecule has 0 bridgehead atoms. The molecule has 1 aliphatic heterocycles. The Bertz CT molecular complexity index is 834. The zero-order chi connectivity index (χ0) is 18.5. The highest BCUT2D eigenvalue weighted by Gasteiger charge is 2.31. The second-order valence-electron chi connectivity index (χ2n) is 6.52. The van der Waals surface area contributed by atoms with E-state index in [0.717, 1.165) is 43.9 Å². The van der Waals surface area contributed by atoms with Crippen LogP contribution in [0.3, 0.4) is 0 Å². The molecular weight excluding hydrogens is 362 g/mol. The van der Waals surface area contributed by atoms with E-state index >= 15 is 0 Å². The van der Waals surface area contributed by atoms with E-state index in [1.54, 1.807) is 24.6 Å². The highest BCUT2D eigenvalue weighted by molar-refractivity contribution is 7.09. The smallest absolute Gasteiger partial charge is 0.244 e. The maximum atomic E-state index is 5.60. The Hall–Kier alpha value is -2.29. The van der Waals surface area contributed by atoms with Gasteiger partial charge in [-0.1, -0.05) is 11.2 Å². The van der Waals surface area contributed by atoms with Gasteiger partial charge >= 0.3 is 0 Å². The Morgan fingerprint density at radius 3 is 3.11 bits per heavy atom. The molecular formula is C19H23N5O2S. The molecule has 0 radical (unpaired) electrons. The molecule has 1 atom stereocenters. The van der Waals surface area contributed by atoms with Gasteiger partial charge in [-0.05, 0) is 43.0 Å². The third kappa shape index (κ3) is 4.35. The number of nitrogens with one attached hydrogen (secondary N) is 1. The molecule has 27 heavy (non-hydrogen) atoms. The molecule has 0 aliphatic carbocycles. The van der Waals surface area contributed by atoms with Crippen LogP contribution in [0.15, 0.2) is 40.4 Å². The van der Waals surface area contributed by atoms with E-state index in [-0.39, 0.29) is 6.04 Å². The molecule has 0 amide bonds. The number of nitrogens with zero attached hydrogens (tertiary/aromatic N) is 4. The number of pyridine rings is 1. The quantitative estimate of drug-likeness (QED) is 0.594. The summed E-state index contributed by atoms with van der Waals surface area (Å²) >= 11 is 1.79. The lowest BCUT2D eigenvalue weighted by Crippen LogP contribution is -2.22. The van der Waals surface area contributed by atoms with Crippen molar-refractivity contribution in [3.05, 3.63) is 46.6 Å². The standard InChI is InChI=1S/C19H23N5O2S/c1-25-10-8-20-17-7-6-14(12-21-17)18-22-19(26-23-18)16-5-2-9-24(16)13-15-4-3-11-27-15/h3-4,6-7,11-12,16H,2,5,8-10,13H2,1H3,(H,20,21)/t16-/m0/s1. The Kier molecular flexibility index (Phi) is 5.76. The molecule has 0 spiro atoms. The number of hydrogen-bond donors (Lipinski definition) is 1. The molecule has 0 aromatic carbocycles. The number of rotatable bonds is 8. The molecule has 3 aromatic rings. The highest BCUT2D eigenvalue weighted by atomic mass is 32.1. The van der Waals surface area contributed by atoms with E-state index in [9.17, 15) is 0 Å². The molecule has 0 saturated carbocycles. The van der Waals surface area contributed by atoms with Crippen molar-refractivity contribution in [2.45, 2.75) is 25.4 Å². The third-order valence-electron chi connectivity index (χ3n) is 4.66. The summed E-state index contributed by atoms with van der Waals surface area (Å²) in [6, 6.07) is 8.33. The van der Waals surface area contributed by atoms with Crippen molar-refractivity contribution >= 4 is 17.2 Å². The fraction of sp³-hybridized carbons (Fsp3) is 0.421. The molecule has 142 valence electrons. The van der Waals surface area contributed by atoms with Gasteiger partial charge in [-0.25, -0.2) is 4.98 Å². The van der Waals surface area contributed by atoms with Gasteiger partial charge in [-0.15, -0.1) is 11.3 Å². The van der Waals surface area contributed by atoms with Gasteiger partial charge in [0.05, 0.1) is 12.6 Å². The highest BCUT2D eigenvalue weighted by Crippen LogP contribution is 2.33. The van der Waals surface area contributed by atoms with Crippen LogP contribution in [0.4, 0.5) is 5.82 Å². The molecule has 3 aromatic heterocycles. The van der Waals surface area contributed by atoms with Gasteiger partial charge in [0.1, 0.15) is 5.82 Å². The minimum atomic E-state index is 0.191. The van der Waals surface area contributed by atoms with Crippen molar-refractivity contribution in [2.24, 2.45) is 0 Å². The lowest BCUT2D eigenvalue weighted by Gasteiger charge is -2.20. The van der Waals surface area contributed by atoms with Crippen molar-refractivity contribution in [3.63, 3.8) is 0 Å². The Morgan fingerprint density at radius 1 is 1.37 bits per heavy atom. The van der Waals surface area contributed by atoms with Crippen LogP contribution in [0.2, 0.25) is 0 Å². The fourth-order valence-corrected chi connectivity index (χ4v) is 4.03. The average molecular weight is 385 g/mol. The van der Waals surface area contributed by atoms with Crippen molar-refractivity contribution in [2.75, 3.05) is 32.1 Å². The van der Waals surface area contributed by atoms with E-state index in [1.165, 1.54) is 4.88 Å². The second kappa shape index (κ2) is 8.60. The summed E-state index contributed by atoms with van der Waals surface area (Å²) in [5, 5.41) is 9.49. The zero-order valence-corrected chi connectivity index (χ0v) is 16.1. The van der Waals surface area contributed by atoms with Crippen LogP contribution in [0.5, 0.6) is 0 Å². The number of likely N-dealkylation sites (tertiary alicyclic amines) is 1. The monoisotopic (exact) mass is 385 g/mol. The lowest BCUT2D eigenvalue weighted by molar-refractivity contribution is 0.202. The van der Waals surface area contributed by atoms with Gasteiger partial charge in [0.25, 0.3) is 0 Å². The molecule has 1 saturated heterocycles. The molecule has 4 heterocycles. The van der Waals surface area contributed by atoms with Gasteiger partial charge in [-0.2, -0.15) is 4.98 Å².